The Hall–Kier alpha value is -2.21. The Morgan fingerprint density at radius 3 is 2.38 bits per heavy atom. The van der Waals surface area contributed by atoms with Crippen LogP contribution in [-0.4, -0.2) is 102 Å². The largest absolute Gasteiger partial charge is 0.466 e. The van der Waals surface area contributed by atoms with Gasteiger partial charge in [-0.3, -0.25) is 9.59 Å². The van der Waals surface area contributed by atoms with Crippen LogP contribution in [0.3, 0.4) is 0 Å². The molecule has 0 bridgehead atoms. The normalized spacial score (nSPS) is 22.4. The van der Waals surface area contributed by atoms with E-state index in [4.69, 9.17) is 14.2 Å². The molecule has 10 nitrogen and oxygen atoms in total. The Kier molecular flexibility index (Phi) is 8.07. The number of morpholine rings is 2. The zero-order valence-corrected chi connectivity index (χ0v) is 20.4. The molecule has 1 aromatic rings. The van der Waals surface area contributed by atoms with Crippen molar-refractivity contribution in [3.8, 4) is 0 Å². The summed E-state index contributed by atoms with van der Waals surface area (Å²) in [5.41, 5.74) is 1.02. The molecule has 188 valence electrons. The SMILES string of the molecule is CCOC(=O)C1CCCN(C(=O)c2cc(S(=O)(=O)N3CCOCC3)ccc2N2CCOCC2)C1. The number of esters is 1. The summed E-state index contributed by atoms with van der Waals surface area (Å²) in [6, 6.07) is 4.79. The van der Waals surface area contributed by atoms with E-state index in [0.717, 1.165) is 0 Å². The number of anilines is 1. The van der Waals surface area contributed by atoms with E-state index < -0.39 is 10.0 Å². The highest BCUT2D eigenvalue weighted by Crippen LogP contribution is 2.30. The van der Waals surface area contributed by atoms with E-state index in [2.05, 4.69) is 4.90 Å². The number of ether oxygens (including phenoxy) is 3. The molecule has 4 rings (SSSR count). The first-order valence-electron chi connectivity index (χ1n) is 11.9. The standard InChI is InChI=1S/C23H33N3O7S/c1-2-33-23(28)18-4-3-7-25(17-18)22(27)20-16-19(34(29,30)26-10-14-32-15-11-26)5-6-21(20)24-8-12-31-13-9-24/h5-6,16,18H,2-4,7-15,17H2,1H3. The average molecular weight is 496 g/mol. The van der Waals surface area contributed by atoms with E-state index in [1.165, 1.54) is 10.4 Å². The highest BCUT2D eigenvalue weighted by Gasteiger charge is 2.33. The van der Waals surface area contributed by atoms with Gasteiger partial charge in [-0.1, -0.05) is 0 Å². The Bertz CT molecular complexity index is 988. The number of amides is 1. The minimum atomic E-state index is -3.76. The molecule has 0 aromatic heterocycles. The van der Waals surface area contributed by atoms with E-state index in [9.17, 15) is 18.0 Å². The van der Waals surface area contributed by atoms with Gasteiger partial charge in [0.05, 0.1) is 49.4 Å². The summed E-state index contributed by atoms with van der Waals surface area (Å²) in [4.78, 5) is 29.8. The number of likely N-dealkylation sites (tertiary alicyclic amines) is 1. The van der Waals surface area contributed by atoms with Crippen LogP contribution in [0.5, 0.6) is 0 Å². The maximum atomic E-state index is 13.7. The summed E-state index contributed by atoms with van der Waals surface area (Å²) in [7, 11) is -3.76. The van der Waals surface area contributed by atoms with Crippen LogP contribution in [0.4, 0.5) is 5.69 Å². The molecule has 0 aliphatic carbocycles. The van der Waals surface area contributed by atoms with Gasteiger partial charge < -0.3 is 24.0 Å². The molecule has 3 aliphatic rings. The molecule has 1 atom stereocenters. The lowest BCUT2D eigenvalue weighted by atomic mass is 9.97. The van der Waals surface area contributed by atoms with Crippen LogP contribution in [0.2, 0.25) is 0 Å². The lowest BCUT2D eigenvalue weighted by Gasteiger charge is -2.35. The zero-order valence-electron chi connectivity index (χ0n) is 19.6. The van der Waals surface area contributed by atoms with Gasteiger partial charge in [-0.25, -0.2) is 8.42 Å². The summed E-state index contributed by atoms with van der Waals surface area (Å²) in [5.74, 6) is -0.934. The van der Waals surface area contributed by atoms with Gasteiger partial charge in [-0.2, -0.15) is 4.31 Å². The van der Waals surface area contributed by atoms with Gasteiger partial charge in [0.25, 0.3) is 5.91 Å². The Balaban J connectivity index is 1.65. The molecule has 34 heavy (non-hydrogen) atoms. The first-order valence-corrected chi connectivity index (χ1v) is 13.4. The van der Waals surface area contributed by atoms with Gasteiger partial charge >= 0.3 is 5.97 Å². The van der Waals surface area contributed by atoms with Crippen LogP contribution >= 0.6 is 0 Å². The predicted molar refractivity (Wildman–Crippen MR) is 124 cm³/mol. The molecular formula is C23H33N3O7S. The molecule has 0 saturated carbocycles. The molecule has 1 aromatic carbocycles. The molecule has 0 radical (unpaired) electrons. The van der Waals surface area contributed by atoms with Crippen molar-refractivity contribution >= 4 is 27.6 Å². The average Bonchev–Trinajstić information content (AvgIpc) is 2.89. The summed E-state index contributed by atoms with van der Waals surface area (Å²) in [6.07, 6.45) is 1.36. The van der Waals surface area contributed by atoms with Crippen LogP contribution in [0.1, 0.15) is 30.1 Å². The van der Waals surface area contributed by atoms with Crippen LogP contribution in [-0.2, 0) is 29.0 Å². The van der Waals surface area contributed by atoms with E-state index >= 15 is 0 Å². The minimum Gasteiger partial charge on any atom is -0.466 e. The third-order valence-electron chi connectivity index (χ3n) is 6.49. The third kappa shape index (κ3) is 5.37. The van der Waals surface area contributed by atoms with Crippen molar-refractivity contribution in [2.45, 2.75) is 24.7 Å². The van der Waals surface area contributed by atoms with Crippen molar-refractivity contribution < 1.29 is 32.2 Å². The Morgan fingerprint density at radius 2 is 1.71 bits per heavy atom. The minimum absolute atomic E-state index is 0.0914. The quantitative estimate of drug-likeness (QED) is 0.538. The second kappa shape index (κ2) is 11.0. The number of carbonyl (C=O) groups is 2. The molecule has 1 unspecified atom stereocenters. The molecule has 11 heteroatoms. The zero-order chi connectivity index (χ0) is 24.1. The molecular weight excluding hydrogens is 462 g/mol. The second-order valence-corrected chi connectivity index (χ2v) is 10.6. The number of benzene rings is 1. The Morgan fingerprint density at radius 1 is 1.03 bits per heavy atom. The molecule has 3 aliphatic heterocycles. The fourth-order valence-electron chi connectivity index (χ4n) is 4.65. The summed E-state index contributed by atoms with van der Waals surface area (Å²) < 4.78 is 43.9. The van der Waals surface area contributed by atoms with E-state index in [1.807, 2.05) is 0 Å². The maximum Gasteiger partial charge on any atom is 0.310 e. The lowest BCUT2D eigenvalue weighted by Crippen LogP contribution is -2.44. The topological polar surface area (TPSA) is 106 Å². The van der Waals surface area contributed by atoms with Gasteiger partial charge in [0.15, 0.2) is 0 Å². The summed E-state index contributed by atoms with van der Waals surface area (Å²) in [5, 5.41) is 0. The molecule has 3 heterocycles. The van der Waals surface area contributed by atoms with Crippen molar-refractivity contribution in [3.63, 3.8) is 0 Å². The fourth-order valence-corrected chi connectivity index (χ4v) is 6.08. The predicted octanol–water partition coefficient (Wildman–Crippen LogP) is 0.959. The summed E-state index contributed by atoms with van der Waals surface area (Å²) in [6.45, 7) is 6.39. The third-order valence-corrected chi connectivity index (χ3v) is 8.38. The van der Waals surface area contributed by atoms with E-state index in [1.54, 1.807) is 24.0 Å². The molecule has 1 amide bonds. The monoisotopic (exact) mass is 495 g/mol. The van der Waals surface area contributed by atoms with Gasteiger partial charge in [0.2, 0.25) is 10.0 Å². The molecule has 0 spiro atoms. The van der Waals surface area contributed by atoms with E-state index in [-0.39, 0.29) is 42.3 Å². The first-order chi connectivity index (χ1) is 16.4. The number of carbonyl (C=O) groups excluding carboxylic acids is 2. The number of hydrogen-bond donors (Lipinski definition) is 0. The first kappa shape index (κ1) is 24.9. The van der Waals surface area contributed by atoms with Crippen molar-refractivity contribution in [2.75, 3.05) is 77.2 Å². The second-order valence-electron chi connectivity index (χ2n) is 8.64. The number of rotatable bonds is 6. The molecule has 0 N–H and O–H groups in total. The molecule has 3 fully saturated rings. The van der Waals surface area contributed by atoms with Crippen molar-refractivity contribution in [1.29, 1.82) is 0 Å². The van der Waals surface area contributed by atoms with Crippen molar-refractivity contribution in [2.24, 2.45) is 5.92 Å². The van der Waals surface area contributed by atoms with Gasteiger partial charge in [0.1, 0.15) is 0 Å². The van der Waals surface area contributed by atoms with Crippen LogP contribution in [0.15, 0.2) is 23.1 Å². The lowest BCUT2D eigenvalue weighted by molar-refractivity contribution is -0.149. The molecule has 3 saturated heterocycles. The summed E-state index contributed by atoms with van der Waals surface area (Å²) >= 11 is 0. The number of piperidine rings is 1. The number of sulfonamides is 1. The van der Waals surface area contributed by atoms with E-state index in [0.29, 0.717) is 76.8 Å². The fraction of sp³-hybridized carbons (Fsp3) is 0.652. The van der Waals surface area contributed by atoms with Crippen LogP contribution in [0.25, 0.3) is 0 Å². The highest BCUT2D eigenvalue weighted by molar-refractivity contribution is 7.89. The van der Waals surface area contributed by atoms with Crippen molar-refractivity contribution in [1.82, 2.24) is 9.21 Å². The van der Waals surface area contributed by atoms with Gasteiger partial charge in [-0.05, 0) is 38.0 Å². The highest BCUT2D eigenvalue weighted by atomic mass is 32.2. The van der Waals surface area contributed by atoms with Crippen LogP contribution < -0.4 is 4.90 Å². The Labute approximate surface area is 200 Å². The van der Waals surface area contributed by atoms with Crippen molar-refractivity contribution in [3.05, 3.63) is 23.8 Å². The number of nitrogens with zero attached hydrogens (tertiary/aromatic N) is 3. The maximum absolute atomic E-state index is 13.7. The smallest absolute Gasteiger partial charge is 0.310 e. The van der Waals surface area contributed by atoms with Gasteiger partial charge in [0, 0.05) is 45.0 Å². The number of hydrogen-bond acceptors (Lipinski definition) is 8. The van der Waals surface area contributed by atoms with Gasteiger partial charge in [-0.15, -0.1) is 0 Å². The van der Waals surface area contributed by atoms with Crippen LogP contribution in [0, 0.1) is 5.92 Å².